The molecule has 0 radical (unpaired) electrons. The minimum Gasteiger partial charge on any atom is -0.452 e. The number of rotatable bonds is 7. The lowest BCUT2D eigenvalue weighted by Crippen LogP contribution is -2.30. The number of thiazole rings is 1. The maximum atomic E-state index is 12.3. The Morgan fingerprint density at radius 3 is 2.70 bits per heavy atom. The van der Waals surface area contributed by atoms with Crippen LogP contribution >= 0.6 is 11.3 Å². The Labute approximate surface area is 179 Å². The smallest absolute Gasteiger partial charge is 0.312 e. The third kappa shape index (κ3) is 5.52. The van der Waals surface area contributed by atoms with E-state index in [1.165, 1.54) is 23.8 Å². The molecule has 3 rings (SSSR count). The number of nitrogens with zero attached hydrogens (tertiary/aromatic N) is 2. The summed E-state index contributed by atoms with van der Waals surface area (Å²) >= 11 is 1.46. The van der Waals surface area contributed by atoms with E-state index in [2.05, 4.69) is 29.4 Å². The van der Waals surface area contributed by atoms with Crippen molar-refractivity contribution in [1.29, 1.82) is 5.26 Å². The lowest BCUT2D eigenvalue weighted by molar-refractivity contribution is -0.152. The zero-order chi connectivity index (χ0) is 21.5. The van der Waals surface area contributed by atoms with Gasteiger partial charge in [-0.15, -0.1) is 11.3 Å². The average Bonchev–Trinajstić information content (AvgIpc) is 3.22. The zero-order valence-electron chi connectivity index (χ0n) is 16.7. The van der Waals surface area contributed by atoms with Crippen molar-refractivity contribution >= 4 is 28.9 Å². The summed E-state index contributed by atoms with van der Waals surface area (Å²) in [6.07, 6.45) is -0.00141. The summed E-state index contributed by atoms with van der Waals surface area (Å²) < 4.78 is 5.24. The number of aromatic nitrogens is 1. The maximum absolute atomic E-state index is 12.3. The molecule has 0 bridgehead atoms. The van der Waals surface area contributed by atoms with E-state index in [4.69, 9.17) is 10.00 Å². The molecular weight excluding hydrogens is 398 g/mol. The molecule has 0 aliphatic carbocycles. The number of amides is 1. The topological polar surface area (TPSA) is 92.1 Å². The Balaban J connectivity index is 1.55. The molecule has 1 N–H and O–H groups in total. The van der Waals surface area contributed by atoms with Crippen molar-refractivity contribution in [2.24, 2.45) is 0 Å². The normalized spacial score (nSPS) is 11.4. The molecule has 1 amide bonds. The quantitative estimate of drug-likeness (QED) is 0.575. The predicted molar refractivity (Wildman–Crippen MR) is 116 cm³/mol. The molecule has 0 fully saturated rings. The number of carbonyl (C=O) groups is 2. The van der Waals surface area contributed by atoms with Crippen molar-refractivity contribution < 1.29 is 14.3 Å². The van der Waals surface area contributed by atoms with Crippen molar-refractivity contribution in [3.63, 3.8) is 0 Å². The zero-order valence-corrected chi connectivity index (χ0v) is 17.5. The lowest BCUT2D eigenvalue weighted by atomic mass is 10.1. The molecule has 0 unspecified atom stereocenters. The lowest BCUT2D eigenvalue weighted by Gasteiger charge is -2.13. The van der Waals surface area contributed by atoms with Gasteiger partial charge in [0.05, 0.1) is 23.7 Å². The molecular formula is C23H21N3O3S. The van der Waals surface area contributed by atoms with Crippen LogP contribution in [0.15, 0.2) is 53.9 Å². The van der Waals surface area contributed by atoms with Crippen LogP contribution in [0.4, 0.5) is 5.69 Å². The molecule has 0 saturated heterocycles. The number of ether oxygens (including phenoxy) is 1. The summed E-state index contributed by atoms with van der Waals surface area (Å²) in [4.78, 5) is 29.0. The summed E-state index contributed by atoms with van der Waals surface area (Å²) in [5.74, 6) is -0.991. The van der Waals surface area contributed by atoms with E-state index in [-0.39, 0.29) is 6.42 Å². The van der Waals surface area contributed by atoms with Crippen LogP contribution in [0.25, 0.3) is 10.6 Å². The fourth-order valence-electron chi connectivity index (χ4n) is 2.75. The van der Waals surface area contributed by atoms with E-state index in [0.717, 1.165) is 17.0 Å². The van der Waals surface area contributed by atoms with Gasteiger partial charge in [0.25, 0.3) is 5.91 Å². The van der Waals surface area contributed by atoms with Gasteiger partial charge in [0.2, 0.25) is 0 Å². The highest BCUT2D eigenvalue weighted by atomic mass is 32.1. The van der Waals surface area contributed by atoms with Crippen molar-refractivity contribution in [3.8, 4) is 16.6 Å². The number of nitrogens with one attached hydrogen (secondary N) is 1. The van der Waals surface area contributed by atoms with Crippen LogP contribution < -0.4 is 5.32 Å². The summed E-state index contributed by atoms with van der Waals surface area (Å²) in [5, 5.41) is 14.2. The Morgan fingerprint density at radius 2 is 2.00 bits per heavy atom. The second-order valence-electron chi connectivity index (χ2n) is 6.69. The molecule has 1 aromatic heterocycles. The molecule has 0 aliphatic rings. The van der Waals surface area contributed by atoms with E-state index in [1.807, 2.05) is 23.6 Å². The first-order valence-electron chi connectivity index (χ1n) is 9.52. The molecule has 6 nitrogen and oxygen atoms in total. The van der Waals surface area contributed by atoms with Crippen LogP contribution in [0.5, 0.6) is 0 Å². The molecule has 3 aromatic rings. The summed E-state index contributed by atoms with van der Waals surface area (Å²) in [5.41, 5.74) is 3.77. The Hall–Kier alpha value is -3.50. The van der Waals surface area contributed by atoms with Gasteiger partial charge >= 0.3 is 5.97 Å². The molecule has 1 heterocycles. The van der Waals surface area contributed by atoms with Gasteiger partial charge in [-0.3, -0.25) is 9.59 Å². The summed E-state index contributed by atoms with van der Waals surface area (Å²) in [6, 6.07) is 16.7. The number of aryl methyl sites for hydroxylation is 1. The summed E-state index contributed by atoms with van der Waals surface area (Å²) in [6.45, 7) is 3.61. The van der Waals surface area contributed by atoms with Gasteiger partial charge in [0, 0.05) is 16.6 Å². The highest BCUT2D eigenvalue weighted by Gasteiger charge is 2.19. The highest BCUT2D eigenvalue weighted by molar-refractivity contribution is 7.13. The van der Waals surface area contributed by atoms with Crippen LogP contribution in [0.2, 0.25) is 0 Å². The molecule has 7 heteroatoms. The molecule has 0 saturated carbocycles. The standard InChI is InChI=1S/C23H21N3O3S/c1-3-16-7-9-18(10-8-16)23-26-20(14-30-23)12-21(27)29-15(2)22(28)25-19-6-4-5-17(11-19)13-24/h4-11,14-15H,3,12H2,1-2H3,(H,25,28)/t15-/m1/s1. The number of anilines is 1. The van der Waals surface area contributed by atoms with Crippen LogP contribution in [0.3, 0.4) is 0 Å². The Morgan fingerprint density at radius 1 is 1.23 bits per heavy atom. The first kappa shape index (κ1) is 21.2. The van der Waals surface area contributed by atoms with Gasteiger partial charge in [0.15, 0.2) is 6.10 Å². The fraction of sp³-hybridized carbons (Fsp3) is 0.217. The third-order valence-electron chi connectivity index (χ3n) is 4.42. The molecule has 1 atom stereocenters. The minimum absolute atomic E-state index is 0.00885. The van der Waals surface area contributed by atoms with Crippen LogP contribution in [0, 0.1) is 11.3 Å². The molecule has 152 valence electrons. The van der Waals surface area contributed by atoms with Gasteiger partial charge < -0.3 is 10.1 Å². The van der Waals surface area contributed by atoms with Gasteiger partial charge in [-0.1, -0.05) is 37.3 Å². The highest BCUT2D eigenvalue weighted by Crippen LogP contribution is 2.24. The van der Waals surface area contributed by atoms with Crippen molar-refractivity contribution in [3.05, 3.63) is 70.7 Å². The number of hydrogen-bond donors (Lipinski definition) is 1. The number of benzene rings is 2. The van der Waals surface area contributed by atoms with E-state index in [0.29, 0.717) is 16.9 Å². The second-order valence-corrected chi connectivity index (χ2v) is 7.54. The Kier molecular flexibility index (Phi) is 6.94. The first-order valence-corrected chi connectivity index (χ1v) is 10.4. The monoisotopic (exact) mass is 419 g/mol. The second kappa shape index (κ2) is 9.81. The number of nitriles is 1. The van der Waals surface area contributed by atoms with Gasteiger partial charge in [-0.25, -0.2) is 4.98 Å². The predicted octanol–water partition coefficient (Wildman–Crippen LogP) is 4.36. The maximum Gasteiger partial charge on any atom is 0.312 e. The average molecular weight is 420 g/mol. The van der Waals surface area contributed by atoms with Crippen LogP contribution in [-0.2, 0) is 27.2 Å². The Bertz CT molecular complexity index is 1080. The van der Waals surface area contributed by atoms with Crippen LogP contribution in [0.1, 0.15) is 30.7 Å². The third-order valence-corrected chi connectivity index (χ3v) is 5.36. The van der Waals surface area contributed by atoms with E-state index in [9.17, 15) is 9.59 Å². The van der Waals surface area contributed by atoms with E-state index < -0.39 is 18.0 Å². The number of esters is 1. The van der Waals surface area contributed by atoms with E-state index in [1.54, 1.807) is 24.3 Å². The van der Waals surface area contributed by atoms with Crippen molar-refractivity contribution in [1.82, 2.24) is 4.98 Å². The molecule has 30 heavy (non-hydrogen) atoms. The largest absolute Gasteiger partial charge is 0.452 e. The first-order chi connectivity index (χ1) is 14.5. The summed E-state index contributed by atoms with van der Waals surface area (Å²) in [7, 11) is 0. The fourth-order valence-corrected chi connectivity index (χ4v) is 3.58. The molecule has 2 aromatic carbocycles. The number of hydrogen-bond acceptors (Lipinski definition) is 6. The minimum atomic E-state index is -0.970. The van der Waals surface area contributed by atoms with E-state index >= 15 is 0 Å². The van der Waals surface area contributed by atoms with Crippen molar-refractivity contribution in [2.75, 3.05) is 5.32 Å². The van der Waals surface area contributed by atoms with Crippen molar-refractivity contribution in [2.45, 2.75) is 32.8 Å². The van der Waals surface area contributed by atoms with Crippen LogP contribution in [-0.4, -0.2) is 23.0 Å². The van der Waals surface area contributed by atoms with Gasteiger partial charge in [-0.05, 0) is 37.1 Å². The molecule has 0 spiro atoms. The van der Waals surface area contributed by atoms with Gasteiger partial charge in [-0.2, -0.15) is 5.26 Å². The number of carbonyl (C=O) groups excluding carboxylic acids is 2. The molecule has 0 aliphatic heterocycles. The van der Waals surface area contributed by atoms with Gasteiger partial charge in [0.1, 0.15) is 5.01 Å². The SMILES string of the molecule is CCc1ccc(-c2nc(CC(=O)O[C@H](C)C(=O)Nc3cccc(C#N)c3)cs2)cc1.